The van der Waals surface area contributed by atoms with E-state index in [1.807, 2.05) is 0 Å². The largest absolute Gasteiger partial charge is 0.469 e. The molecule has 1 fully saturated rings. The lowest BCUT2D eigenvalue weighted by molar-refractivity contribution is -0.274. The molecule has 0 aromatic heterocycles. The second-order valence-electron chi connectivity index (χ2n) is 18.4. The predicted molar refractivity (Wildman–Crippen MR) is 256 cm³/mol. The molecular weight excluding hydrogens is 881 g/mol. The van der Waals surface area contributed by atoms with Gasteiger partial charge in [0.25, 0.3) is 0 Å². The molecule has 9 atom stereocenters. The van der Waals surface area contributed by atoms with Gasteiger partial charge in [-0.1, -0.05) is 142 Å². The van der Waals surface area contributed by atoms with Crippen LogP contribution in [0.3, 0.4) is 0 Å². The molecule has 1 heterocycles. The fraction of sp³-hybridized carbons (Fsp3) is 0.860. The number of nitrogens with two attached hydrogens (primary N) is 1. The monoisotopic (exact) mass is 971 g/mol. The third-order valence-corrected chi connectivity index (χ3v) is 12.3. The average Bonchev–Trinajstić information content (AvgIpc) is 3.29. The van der Waals surface area contributed by atoms with Gasteiger partial charge in [0, 0.05) is 19.8 Å². The SMILES string of the molecule is CCCCCCCCCCCCCCCC(=O)O[C@H](CCCCCCCCCCC)CC(=O)O[C@H]1O[C@H](CO)[C@@H](O)[C@@H](OC(C)C(=O)N[C@@H](C)C(=O)N[C@H](CCC(=O)OC)C(N)=O)[C@H]1NC(C)=O. The van der Waals surface area contributed by atoms with E-state index in [9.17, 15) is 43.8 Å². The van der Waals surface area contributed by atoms with Crippen LogP contribution in [0.5, 0.6) is 0 Å². The number of nitrogens with one attached hydrogen (secondary N) is 3. The van der Waals surface area contributed by atoms with Crippen molar-refractivity contribution in [3.8, 4) is 0 Å². The predicted octanol–water partition coefficient (Wildman–Crippen LogP) is 6.02. The molecule has 68 heavy (non-hydrogen) atoms. The van der Waals surface area contributed by atoms with Crippen LogP contribution in [0, 0.1) is 0 Å². The van der Waals surface area contributed by atoms with Gasteiger partial charge in [0.2, 0.25) is 29.9 Å². The molecule has 0 bridgehead atoms. The number of aliphatic hydroxyl groups excluding tert-OH is 2. The number of aliphatic hydroxyl groups is 2. The van der Waals surface area contributed by atoms with Gasteiger partial charge in [-0.2, -0.15) is 0 Å². The topological polar surface area (TPSA) is 268 Å². The summed E-state index contributed by atoms with van der Waals surface area (Å²) in [6.07, 6.45) is 16.8. The molecule has 0 aromatic carbocycles. The van der Waals surface area contributed by atoms with Gasteiger partial charge in [-0.15, -0.1) is 0 Å². The standard InChI is InChI=1S/C50H90N4O14/c1-7-9-11-13-15-17-18-19-20-22-24-26-28-30-42(58)66-38(29-27-25-23-21-16-14-12-10-8-2)33-43(59)68-50-44(53-37(5)56)46(45(60)40(34-55)67-50)65-36(4)49(63)52-35(3)48(62)54-39(47(51)61)31-32-41(57)64-6/h35-36,38-40,44-46,50,55,60H,7-34H2,1-6H3,(H2,51,61)(H,52,63)(H,53,56)(H,54,62)/t35-,36?,38+,39+,40+,44+,45+,46-,50+/m0/s1. The third-order valence-electron chi connectivity index (χ3n) is 12.3. The minimum Gasteiger partial charge on any atom is -0.469 e. The van der Waals surface area contributed by atoms with Crippen molar-refractivity contribution in [2.24, 2.45) is 5.73 Å². The molecule has 18 nitrogen and oxygen atoms in total. The first-order valence-corrected chi connectivity index (χ1v) is 25.8. The van der Waals surface area contributed by atoms with Crippen LogP contribution in [0.2, 0.25) is 0 Å². The van der Waals surface area contributed by atoms with Crippen LogP contribution in [0.25, 0.3) is 0 Å². The zero-order chi connectivity index (χ0) is 50.7. The minimum absolute atomic E-state index is 0.136. The van der Waals surface area contributed by atoms with Crippen LogP contribution in [-0.2, 0) is 57.2 Å². The molecule has 0 radical (unpaired) electrons. The molecule has 1 unspecified atom stereocenters. The number of hydrogen-bond acceptors (Lipinski definition) is 14. The summed E-state index contributed by atoms with van der Waals surface area (Å²) >= 11 is 0. The summed E-state index contributed by atoms with van der Waals surface area (Å²) in [6, 6.07) is -3.85. The smallest absolute Gasteiger partial charge is 0.311 e. The van der Waals surface area contributed by atoms with Gasteiger partial charge in [-0.25, -0.2) is 0 Å². The van der Waals surface area contributed by atoms with E-state index >= 15 is 0 Å². The number of unbranched alkanes of at least 4 members (excludes halogenated alkanes) is 20. The first-order chi connectivity index (χ1) is 32.6. The Bertz CT molecular complexity index is 1450. The van der Waals surface area contributed by atoms with Gasteiger partial charge >= 0.3 is 17.9 Å². The van der Waals surface area contributed by atoms with Crippen molar-refractivity contribution in [1.82, 2.24) is 16.0 Å². The molecule has 7 N–H and O–H groups in total. The van der Waals surface area contributed by atoms with E-state index in [4.69, 9.17) is 24.7 Å². The van der Waals surface area contributed by atoms with E-state index in [1.165, 1.54) is 111 Å². The van der Waals surface area contributed by atoms with Gasteiger partial charge in [-0.3, -0.25) is 33.6 Å². The summed E-state index contributed by atoms with van der Waals surface area (Å²) in [5, 5.41) is 28.8. The Kier molecular flexibility index (Phi) is 34.7. The van der Waals surface area contributed by atoms with Crippen LogP contribution in [0.1, 0.15) is 208 Å². The zero-order valence-electron chi connectivity index (χ0n) is 42.4. The average molecular weight is 971 g/mol. The van der Waals surface area contributed by atoms with Crippen molar-refractivity contribution < 1.29 is 67.5 Å². The highest BCUT2D eigenvalue weighted by atomic mass is 16.7. The van der Waals surface area contributed by atoms with Crippen molar-refractivity contribution in [2.45, 2.75) is 263 Å². The molecule has 1 saturated heterocycles. The fourth-order valence-corrected chi connectivity index (χ4v) is 8.14. The van der Waals surface area contributed by atoms with Crippen LogP contribution in [0.4, 0.5) is 0 Å². The maximum atomic E-state index is 13.7. The van der Waals surface area contributed by atoms with E-state index in [0.29, 0.717) is 12.8 Å². The molecule has 0 saturated carbocycles. The lowest BCUT2D eigenvalue weighted by Crippen LogP contribution is -2.66. The number of rotatable bonds is 40. The van der Waals surface area contributed by atoms with Gasteiger partial charge in [0.15, 0.2) is 0 Å². The van der Waals surface area contributed by atoms with Gasteiger partial charge in [0.1, 0.15) is 48.6 Å². The van der Waals surface area contributed by atoms with Crippen molar-refractivity contribution in [1.29, 1.82) is 0 Å². The minimum atomic E-state index is -1.64. The maximum Gasteiger partial charge on any atom is 0.311 e. The summed E-state index contributed by atoms with van der Waals surface area (Å²) < 4.78 is 27.9. The van der Waals surface area contributed by atoms with E-state index in [2.05, 4.69) is 34.5 Å². The lowest BCUT2D eigenvalue weighted by atomic mass is 9.96. The third kappa shape index (κ3) is 28.0. The second kappa shape index (κ2) is 38.0. The molecule has 394 valence electrons. The Labute approximate surface area is 406 Å². The second-order valence-corrected chi connectivity index (χ2v) is 18.4. The summed E-state index contributed by atoms with van der Waals surface area (Å²) in [5.41, 5.74) is 5.39. The van der Waals surface area contributed by atoms with E-state index in [0.717, 1.165) is 51.4 Å². The number of hydrogen-bond donors (Lipinski definition) is 6. The molecule has 18 heteroatoms. The van der Waals surface area contributed by atoms with Crippen molar-refractivity contribution >= 4 is 41.5 Å². The van der Waals surface area contributed by atoms with Gasteiger partial charge in [0.05, 0.1) is 20.1 Å². The summed E-state index contributed by atoms with van der Waals surface area (Å²) in [7, 11) is 1.17. The Morgan fingerprint density at radius 1 is 0.662 bits per heavy atom. The zero-order valence-corrected chi connectivity index (χ0v) is 42.4. The molecule has 0 spiro atoms. The maximum absolute atomic E-state index is 13.7. The van der Waals surface area contributed by atoms with Crippen LogP contribution < -0.4 is 21.7 Å². The first-order valence-electron chi connectivity index (χ1n) is 25.8. The number of ether oxygens (including phenoxy) is 5. The highest BCUT2D eigenvalue weighted by Crippen LogP contribution is 2.27. The van der Waals surface area contributed by atoms with Crippen molar-refractivity contribution in [3.63, 3.8) is 0 Å². The van der Waals surface area contributed by atoms with E-state index in [-0.39, 0.29) is 25.7 Å². The van der Waals surface area contributed by atoms with Gasteiger partial charge < -0.3 is 55.6 Å². The summed E-state index contributed by atoms with van der Waals surface area (Å²) in [5.74, 6) is -4.99. The van der Waals surface area contributed by atoms with Crippen LogP contribution in [-0.4, -0.2) is 120 Å². The number of methoxy groups -OCH3 is 1. The lowest BCUT2D eigenvalue weighted by Gasteiger charge is -2.44. The number of esters is 3. The highest BCUT2D eigenvalue weighted by Gasteiger charge is 2.49. The van der Waals surface area contributed by atoms with Crippen molar-refractivity contribution in [2.75, 3.05) is 13.7 Å². The number of carbonyl (C=O) groups is 7. The van der Waals surface area contributed by atoms with Crippen LogP contribution in [0.15, 0.2) is 0 Å². The number of primary amides is 1. The quantitative estimate of drug-likeness (QED) is 0.0233. The molecule has 0 aromatic rings. The van der Waals surface area contributed by atoms with Gasteiger partial charge in [-0.05, 0) is 39.5 Å². The molecule has 0 aliphatic carbocycles. The number of amides is 4. The molecule has 1 aliphatic heterocycles. The fourth-order valence-electron chi connectivity index (χ4n) is 8.14. The van der Waals surface area contributed by atoms with E-state index < -0.39 is 103 Å². The number of carbonyl (C=O) groups excluding carboxylic acids is 7. The highest BCUT2D eigenvalue weighted by molar-refractivity contribution is 5.92. The Hall–Kier alpha value is -3.87. The van der Waals surface area contributed by atoms with Crippen LogP contribution >= 0.6 is 0 Å². The molecule has 1 rings (SSSR count). The first kappa shape index (κ1) is 62.1. The van der Waals surface area contributed by atoms with E-state index in [1.54, 1.807) is 0 Å². The molecular formula is C50H90N4O14. The molecule has 1 aliphatic rings. The van der Waals surface area contributed by atoms with Crippen molar-refractivity contribution in [3.05, 3.63) is 0 Å². The Morgan fingerprint density at radius 3 is 1.66 bits per heavy atom. The Balaban J connectivity index is 2.97. The molecule has 4 amide bonds. The summed E-state index contributed by atoms with van der Waals surface area (Å²) in [6.45, 7) is 7.49. The summed E-state index contributed by atoms with van der Waals surface area (Å²) in [4.78, 5) is 88.9. The Morgan fingerprint density at radius 2 is 1.18 bits per heavy atom. The normalized spacial score (nSPS) is 19.7.